The van der Waals surface area contributed by atoms with Crippen molar-refractivity contribution in [2.75, 3.05) is 10.5 Å². The predicted octanol–water partition coefficient (Wildman–Crippen LogP) is 1.39. The molecule has 0 bridgehead atoms. The van der Waals surface area contributed by atoms with E-state index in [0.717, 1.165) is 6.07 Å². The third-order valence-electron chi connectivity index (χ3n) is 2.56. The Morgan fingerprint density at radius 2 is 2.00 bits per heavy atom. The Morgan fingerprint density at radius 3 is 2.55 bits per heavy atom. The Bertz CT molecular complexity index is 771. The van der Waals surface area contributed by atoms with Gasteiger partial charge in [0, 0.05) is 18.9 Å². The lowest BCUT2D eigenvalue weighted by Gasteiger charge is -2.09. The number of aryl methyl sites for hydroxylation is 2. The average Bonchev–Trinajstić information content (AvgIpc) is 2.61. The van der Waals surface area contributed by atoms with Crippen molar-refractivity contribution in [3.05, 3.63) is 35.7 Å². The fraction of sp³-hybridized carbons (Fsp3) is 0.182. The summed E-state index contributed by atoms with van der Waals surface area (Å²) in [5.41, 5.74) is 5.73. The molecule has 1 aromatic heterocycles. The van der Waals surface area contributed by atoms with Crippen LogP contribution in [0.1, 0.15) is 5.69 Å². The second-order valence-corrected chi connectivity index (χ2v) is 5.87. The molecule has 0 atom stereocenters. The third-order valence-corrected chi connectivity index (χ3v) is 3.93. The molecule has 0 aliphatic rings. The maximum atomic E-state index is 13.6. The molecule has 0 aliphatic carbocycles. The van der Waals surface area contributed by atoms with E-state index in [2.05, 4.69) is 9.82 Å². The summed E-state index contributed by atoms with van der Waals surface area (Å²) in [5.74, 6) is -2.80. The van der Waals surface area contributed by atoms with Gasteiger partial charge in [0.1, 0.15) is 4.90 Å². The van der Waals surface area contributed by atoms with Crippen LogP contribution in [0.15, 0.2) is 23.2 Å². The fourth-order valence-electron chi connectivity index (χ4n) is 1.68. The van der Waals surface area contributed by atoms with Gasteiger partial charge in [-0.25, -0.2) is 17.2 Å². The topological polar surface area (TPSA) is 90.0 Å². The predicted molar refractivity (Wildman–Crippen MR) is 69.5 cm³/mol. The molecule has 9 heteroatoms. The lowest BCUT2D eigenvalue weighted by atomic mass is 10.3. The Labute approximate surface area is 114 Å². The van der Waals surface area contributed by atoms with Crippen LogP contribution in [0.2, 0.25) is 0 Å². The first-order valence-corrected chi connectivity index (χ1v) is 6.96. The zero-order valence-corrected chi connectivity index (χ0v) is 11.5. The van der Waals surface area contributed by atoms with Gasteiger partial charge >= 0.3 is 0 Å². The molecular weight excluding hydrogens is 290 g/mol. The van der Waals surface area contributed by atoms with E-state index < -0.39 is 26.6 Å². The van der Waals surface area contributed by atoms with E-state index in [1.165, 1.54) is 10.9 Å². The van der Waals surface area contributed by atoms with Gasteiger partial charge in [-0.2, -0.15) is 5.10 Å². The largest absolute Gasteiger partial charge is 0.399 e. The molecule has 2 rings (SSSR count). The summed E-state index contributed by atoms with van der Waals surface area (Å²) in [6, 6.07) is 1.57. The summed E-state index contributed by atoms with van der Waals surface area (Å²) in [7, 11) is -2.69. The number of nitrogens with zero attached hydrogens (tertiary/aromatic N) is 2. The Morgan fingerprint density at radius 1 is 1.35 bits per heavy atom. The number of halogens is 2. The zero-order valence-electron chi connectivity index (χ0n) is 10.7. The van der Waals surface area contributed by atoms with E-state index in [1.807, 2.05) is 0 Å². The number of benzene rings is 1. The molecule has 2 aromatic rings. The fourth-order valence-corrected chi connectivity index (χ4v) is 2.90. The van der Waals surface area contributed by atoms with E-state index in [0.29, 0.717) is 11.8 Å². The van der Waals surface area contributed by atoms with E-state index >= 15 is 0 Å². The molecule has 0 saturated heterocycles. The number of nitrogen functional groups attached to an aromatic ring is 1. The summed E-state index contributed by atoms with van der Waals surface area (Å²) in [6.07, 6.45) is 1.41. The van der Waals surface area contributed by atoms with E-state index in [-0.39, 0.29) is 11.4 Å². The lowest BCUT2D eigenvalue weighted by Crippen LogP contribution is -2.16. The highest BCUT2D eigenvalue weighted by Gasteiger charge is 2.24. The second kappa shape index (κ2) is 4.75. The first-order chi connectivity index (χ1) is 9.20. The number of anilines is 2. The highest BCUT2D eigenvalue weighted by molar-refractivity contribution is 7.92. The van der Waals surface area contributed by atoms with Crippen LogP contribution in [0.3, 0.4) is 0 Å². The maximum Gasteiger partial charge on any atom is 0.265 e. The number of hydrogen-bond acceptors (Lipinski definition) is 4. The first kappa shape index (κ1) is 14.3. The number of nitrogens with one attached hydrogen (secondary N) is 1. The van der Waals surface area contributed by atoms with Gasteiger partial charge in [0.15, 0.2) is 11.6 Å². The van der Waals surface area contributed by atoms with Gasteiger partial charge in [-0.3, -0.25) is 9.40 Å². The van der Waals surface area contributed by atoms with Crippen LogP contribution in [0, 0.1) is 18.6 Å². The molecule has 0 saturated carbocycles. The van der Waals surface area contributed by atoms with Gasteiger partial charge in [0.2, 0.25) is 0 Å². The average molecular weight is 302 g/mol. The lowest BCUT2D eigenvalue weighted by molar-refractivity contribution is 0.486. The number of sulfonamides is 1. The summed E-state index contributed by atoms with van der Waals surface area (Å²) in [5, 5.41) is 3.94. The monoisotopic (exact) mass is 302 g/mol. The maximum absolute atomic E-state index is 13.6. The zero-order chi connectivity index (χ0) is 15.1. The number of rotatable bonds is 3. The van der Waals surface area contributed by atoms with E-state index in [1.54, 1.807) is 14.0 Å². The summed E-state index contributed by atoms with van der Waals surface area (Å²) in [6.45, 7) is 1.58. The standard InChI is InChI=1S/C11H12F2N4O2S/c1-6-9(5-17(2)15-6)16-20(18,19)10-4-7(14)3-8(12)11(10)13/h3-5,16H,14H2,1-2H3. The minimum Gasteiger partial charge on any atom is -0.399 e. The molecule has 0 spiro atoms. The van der Waals surface area contributed by atoms with Crippen molar-refractivity contribution in [3.63, 3.8) is 0 Å². The highest BCUT2D eigenvalue weighted by atomic mass is 32.2. The quantitative estimate of drug-likeness (QED) is 0.838. The molecular formula is C11H12F2N4O2S. The van der Waals surface area contributed by atoms with Crippen molar-refractivity contribution < 1.29 is 17.2 Å². The molecule has 3 N–H and O–H groups in total. The molecule has 0 fully saturated rings. The molecule has 0 unspecified atom stereocenters. The Balaban J connectivity index is 2.49. The van der Waals surface area contributed by atoms with Crippen LogP contribution < -0.4 is 10.5 Å². The summed E-state index contributed by atoms with van der Waals surface area (Å²) < 4.78 is 54.5. The van der Waals surface area contributed by atoms with Crippen molar-refractivity contribution in [1.29, 1.82) is 0 Å². The van der Waals surface area contributed by atoms with Crippen molar-refractivity contribution in [1.82, 2.24) is 9.78 Å². The van der Waals surface area contributed by atoms with Crippen molar-refractivity contribution >= 4 is 21.4 Å². The number of hydrogen-bond donors (Lipinski definition) is 2. The Kier molecular flexibility index (Phi) is 3.38. The van der Waals surface area contributed by atoms with Crippen LogP contribution in [0.5, 0.6) is 0 Å². The minimum atomic E-state index is -4.30. The van der Waals surface area contributed by atoms with Crippen molar-refractivity contribution in [2.24, 2.45) is 7.05 Å². The normalized spacial score (nSPS) is 11.6. The van der Waals surface area contributed by atoms with Gasteiger partial charge in [0.05, 0.1) is 11.4 Å². The van der Waals surface area contributed by atoms with E-state index in [9.17, 15) is 17.2 Å². The Hall–Kier alpha value is -2.16. The molecule has 1 heterocycles. The van der Waals surface area contributed by atoms with Gasteiger partial charge in [0.25, 0.3) is 10.0 Å². The summed E-state index contributed by atoms with van der Waals surface area (Å²) >= 11 is 0. The van der Waals surface area contributed by atoms with Crippen LogP contribution in [0.25, 0.3) is 0 Å². The van der Waals surface area contributed by atoms with Crippen LogP contribution >= 0.6 is 0 Å². The van der Waals surface area contributed by atoms with Crippen LogP contribution in [-0.4, -0.2) is 18.2 Å². The van der Waals surface area contributed by atoms with E-state index in [4.69, 9.17) is 5.73 Å². The second-order valence-electron chi connectivity index (χ2n) is 4.22. The smallest absolute Gasteiger partial charge is 0.265 e. The highest BCUT2D eigenvalue weighted by Crippen LogP contribution is 2.24. The van der Waals surface area contributed by atoms with Gasteiger partial charge in [-0.1, -0.05) is 0 Å². The van der Waals surface area contributed by atoms with Gasteiger partial charge in [-0.15, -0.1) is 0 Å². The van der Waals surface area contributed by atoms with Crippen LogP contribution in [0.4, 0.5) is 20.2 Å². The SMILES string of the molecule is Cc1nn(C)cc1NS(=O)(=O)c1cc(N)cc(F)c1F. The minimum absolute atomic E-state index is 0.176. The molecule has 20 heavy (non-hydrogen) atoms. The molecule has 0 aliphatic heterocycles. The summed E-state index contributed by atoms with van der Waals surface area (Å²) in [4.78, 5) is -0.849. The third kappa shape index (κ3) is 2.57. The van der Waals surface area contributed by atoms with Crippen molar-refractivity contribution in [2.45, 2.75) is 11.8 Å². The van der Waals surface area contributed by atoms with Crippen molar-refractivity contribution in [3.8, 4) is 0 Å². The number of aromatic nitrogens is 2. The van der Waals surface area contributed by atoms with Gasteiger partial charge in [-0.05, 0) is 19.1 Å². The van der Waals surface area contributed by atoms with Crippen LogP contribution in [-0.2, 0) is 17.1 Å². The number of nitrogens with two attached hydrogens (primary N) is 1. The molecule has 108 valence electrons. The molecule has 0 radical (unpaired) electrons. The molecule has 6 nitrogen and oxygen atoms in total. The molecule has 0 amide bonds. The van der Waals surface area contributed by atoms with Gasteiger partial charge < -0.3 is 5.73 Å². The first-order valence-electron chi connectivity index (χ1n) is 5.48. The molecule has 1 aromatic carbocycles.